The number of ether oxygens (including phenoxy) is 2. The quantitative estimate of drug-likeness (QED) is 0.584. The Hall–Kier alpha value is -1.33. The van der Waals surface area contributed by atoms with Crippen LogP contribution in [0.5, 0.6) is 0 Å². The number of nitrogens with zero attached hydrogens (tertiary/aromatic N) is 2. The first-order chi connectivity index (χ1) is 11.3. The van der Waals surface area contributed by atoms with Crippen LogP contribution in [0.2, 0.25) is 5.15 Å². The van der Waals surface area contributed by atoms with Gasteiger partial charge in [0.25, 0.3) is 0 Å². The summed E-state index contributed by atoms with van der Waals surface area (Å²) in [4.78, 5) is 18.0. The Balaban J connectivity index is 1.69. The fraction of sp³-hybridized carbons (Fsp3) is 0.667. The summed E-state index contributed by atoms with van der Waals surface area (Å²) < 4.78 is 11.2. The average Bonchev–Trinajstić information content (AvgIpc) is 2.52. The van der Waals surface area contributed by atoms with Crippen LogP contribution in [-0.4, -0.2) is 41.3 Å². The minimum absolute atomic E-state index is 0.208. The third-order valence-electron chi connectivity index (χ3n) is 3.90. The van der Waals surface area contributed by atoms with Crippen molar-refractivity contribution in [2.24, 2.45) is 5.92 Å². The maximum atomic E-state index is 12.2. The Kier molecular flexibility index (Phi) is 6.87. The third-order valence-corrected chi connectivity index (χ3v) is 4.12. The molecule has 0 aliphatic carbocycles. The van der Waals surface area contributed by atoms with Crippen LogP contribution in [0.15, 0.2) is 18.3 Å². The molecular weight excluding hydrogens is 328 g/mol. The van der Waals surface area contributed by atoms with Gasteiger partial charge in [-0.25, -0.2) is 9.78 Å². The highest BCUT2D eigenvalue weighted by molar-refractivity contribution is 6.29. The van der Waals surface area contributed by atoms with Gasteiger partial charge in [0.2, 0.25) is 0 Å². The third kappa shape index (κ3) is 6.65. The van der Waals surface area contributed by atoms with Crippen molar-refractivity contribution in [3.63, 3.8) is 0 Å². The van der Waals surface area contributed by atoms with Crippen LogP contribution in [0.1, 0.15) is 45.6 Å². The predicted molar refractivity (Wildman–Crippen MR) is 94.1 cm³/mol. The molecule has 1 unspecified atom stereocenters. The number of pyridine rings is 1. The molecule has 6 heteroatoms. The molecule has 1 aliphatic rings. The minimum Gasteiger partial charge on any atom is -0.444 e. The topological polar surface area (TPSA) is 51.7 Å². The SMILES string of the molecule is CC(C)(C)OC(=O)N1CCCC(CCOCc2ccc(Cl)nc2)C1. The number of carbonyl (C=O) groups is 1. The Labute approximate surface area is 149 Å². The number of piperidine rings is 1. The van der Waals surface area contributed by atoms with E-state index in [1.54, 1.807) is 12.3 Å². The Morgan fingerprint density at radius 3 is 2.88 bits per heavy atom. The van der Waals surface area contributed by atoms with Gasteiger partial charge >= 0.3 is 6.09 Å². The van der Waals surface area contributed by atoms with E-state index in [1.165, 1.54) is 0 Å². The lowest BCUT2D eigenvalue weighted by atomic mass is 9.95. The number of rotatable bonds is 5. The summed E-state index contributed by atoms with van der Waals surface area (Å²) in [6.45, 7) is 8.43. The summed E-state index contributed by atoms with van der Waals surface area (Å²) in [7, 11) is 0. The van der Waals surface area contributed by atoms with E-state index < -0.39 is 5.60 Å². The lowest BCUT2D eigenvalue weighted by Crippen LogP contribution is -2.43. The van der Waals surface area contributed by atoms with Crippen molar-refractivity contribution in [1.29, 1.82) is 0 Å². The maximum absolute atomic E-state index is 12.2. The number of halogens is 1. The highest BCUT2D eigenvalue weighted by atomic mass is 35.5. The van der Waals surface area contributed by atoms with E-state index in [0.29, 0.717) is 24.3 Å². The minimum atomic E-state index is -0.445. The summed E-state index contributed by atoms with van der Waals surface area (Å²) in [5.74, 6) is 0.467. The number of carbonyl (C=O) groups excluding carboxylic acids is 1. The zero-order valence-electron chi connectivity index (χ0n) is 14.8. The van der Waals surface area contributed by atoms with Gasteiger partial charge < -0.3 is 14.4 Å². The molecule has 0 spiro atoms. The highest BCUT2D eigenvalue weighted by Crippen LogP contribution is 2.22. The Morgan fingerprint density at radius 2 is 2.21 bits per heavy atom. The maximum Gasteiger partial charge on any atom is 0.410 e. The average molecular weight is 355 g/mol. The zero-order chi connectivity index (χ0) is 17.6. The fourth-order valence-electron chi connectivity index (χ4n) is 2.72. The van der Waals surface area contributed by atoms with Crippen LogP contribution in [0.25, 0.3) is 0 Å². The molecule has 1 saturated heterocycles. The van der Waals surface area contributed by atoms with Crippen molar-refractivity contribution in [2.75, 3.05) is 19.7 Å². The number of hydrogen-bond acceptors (Lipinski definition) is 4. The van der Waals surface area contributed by atoms with Crippen LogP contribution in [0, 0.1) is 5.92 Å². The van der Waals surface area contributed by atoms with Crippen LogP contribution in [0.4, 0.5) is 4.79 Å². The molecule has 5 nitrogen and oxygen atoms in total. The Bertz CT molecular complexity index is 528. The molecule has 0 N–H and O–H groups in total. The van der Waals surface area contributed by atoms with Gasteiger partial charge in [-0.3, -0.25) is 0 Å². The van der Waals surface area contributed by atoms with Crippen LogP contribution >= 0.6 is 11.6 Å². The first-order valence-electron chi connectivity index (χ1n) is 8.49. The fourth-order valence-corrected chi connectivity index (χ4v) is 2.84. The zero-order valence-corrected chi connectivity index (χ0v) is 15.5. The molecule has 1 aromatic heterocycles. The van der Waals surface area contributed by atoms with Gasteiger partial charge in [-0.1, -0.05) is 17.7 Å². The molecule has 0 bridgehead atoms. The van der Waals surface area contributed by atoms with Crippen molar-refractivity contribution < 1.29 is 14.3 Å². The van der Waals surface area contributed by atoms with Gasteiger partial charge in [0, 0.05) is 25.9 Å². The normalized spacial score (nSPS) is 18.5. The van der Waals surface area contributed by atoms with Gasteiger partial charge in [-0.2, -0.15) is 0 Å². The highest BCUT2D eigenvalue weighted by Gasteiger charge is 2.27. The molecule has 1 aromatic rings. The molecule has 24 heavy (non-hydrogen) atoms. The van der Waals surface area contributed by atoms with Gasteiger partial charge in [0.1, 0.15) is 10.8 Å². The van der Waals surface area contributed by atoms with E-state index in [1.807, 2.05) is 31.7 Å². The summed E-state index contributed by atoms with van der Waals surface area (Å²) in [6.07, 6.45) is 4.62. The number of amides is 1. The molecule has 2 rings (SSSR count). The summed E-state index contributed by atoms with van der Waals surface area (Å²) in [5.41, 5.74) is 0.568. The molecule has 1 atom stereocenters. The summed E-state index contributed by atoms with van der Waals surface area (Å²) in [5, 5.41) is 0.489. The predicted octanol–water partition coefficient (Wildman–Crippen LogP) is 4.29. The lowest BCUT2D eigenvalue weighted by Gasteiger charge is -2.34. The van der Waals surface area contributed by atoms with E-state index in [9.17, 15) is 4.79 Å². The van der Waals surface area contributed by atoms with Crippen molar-refractivity contribution in [3.05, 3.63) is 29.0 Å². The summed E-state index contributed by atoms with van der Waals surface area (Å²) >= 11 is 5.76. The van der Waals surface area contributed by atoms with Gasteiger partial charge in [0.05, 0.1) is 6.61 Å². The lowest BCUT2D eigenvalue weighted by molar-refractivity contribution is 0.0135. The largest absolute Gasteiger partial charge is 0.444 e. The second kappa shape index (κ2) is 8.67. The number of aromatic nitrogens is 1. The van der Waals surface area contributed by atoms with Crippen molar-refractivity contribution >= 4 is 17.7 Å². The van der Waals surface area contributed by atoms with Crippen molar-refractivity contribution in [1.82, 2.24) is 9.88 Å². The van der Waals surface area contributed by atoms with Crippen LogP contribution < -0.4 is 0 Å². The molecule has 1 aliphatic heterocycles. The van der Waals surface area contributed by atoms with E-state index in [4.69, 9.17) is 21.1 Å². The van der Waals surface area contributed by atoms with Gasteiger partial charge in [0.15, 0.2) is 0 Å². The molecule has 0 saturated carbocycles. The molecular formula is C18H27ClN2O3. The molecule has 2 heterocycles. The van der Waals surface area contributed by atoms with Crippen molar-refractivity contribution in [3.8, 4) is 0 Å². The number of likely N-dealkylation sites (tertiary alicyclic amines) is 1. The molecule has 1 amide bonds. The monoisotopic (exact) mass is 354 g/mol. The van der Waals surface area contributed by atoms with E-state index >= 15 is 0 Å². The van der Waals surface area contributed by atoms with E-state index in [-0.39, 0.29) is 6.09 Å². The second-order valence-electron chi connectivity index (χ2n) is 7.27. The van der Waals surface area contributed by atoms with E-state index in [2.05, 4.69) is 4.98 Å². The molecule has 0 radical (unpaired) electrons. The van der Waals surface area contributed by atoms with Crippen LogP contribution in [-0.2, 0) is 16.1 Å². The smallest absolute Gasteiger partial charge is 0.410 e. The standard InChI is InChI=1S/C18H27ClN2O3/c1-18(2,3)24-17(22)21-9-4-5-14(12-21)8-10-23-13-15-6-7-16(19)20-11-15/h6-7,11,14H,4-5,8-10,12-13H2,1-3H3. The van der Waals surface area contributed by atoms with Gasteiger partial charge in [-0.05, 0) is 57.6 Å². The van der Waals surface area contributed by atoms with Gasteiger partial charge in [-0.15, -0.1) is 0 Å². The first-order valence-corrected chi connectivity index (χ1v) is 8.87. The van der Waals surface area contributed by atoms with E-state index in [0.717, 1.165) is 37.9 Å². The first kappa shape index (κ1) is 19.0. The molecule has 1 fully saturated rings. The van der Waals surface area contributed by atoms with Crippen LogP contribution in [0.3, 0.4) is 0 Å². The summed E-state index contributed by atoms with van der Waals surface area (Å²) in [6, 6.07) is 3.68. The second-order valence-corrected chi connectivity index (χ2v) is 7.65. The van der Waals surface area contributed by atoms with Crippen molar-refractivity contribution in [2.45, 2.75) is 52.2 Å². The Morgan fingerprint density at radius 1 is 1.42 bits per heavy atom. The number of hydrogen-bond donors (Lipinski definition) is 0. The molecule has 0 aromatic carbocycles. The molecule has 134 valence electrons.